The smallest absolute Gasteiger partial charge is 0.414 e. The third-order valence-electron chi connectivity index (χ3n) is 4.93. The molecule has 3 aromatic rings. The fourth-order valence-corrected chi connectivity index (χ4v) is 3.39. The van der Waals surface area contributed by atoms with Gasteiger partial charge in [-0.05, 0) is 53.9 Å². The summed E-state index contributed by atoms with van der Waals surface area (Å²) in [6, 6.07) is 23.5. The van der Waals surface area contributed by atoms with Gasteiger partial charge >= 0.3 is 6.09 Å². The number of cyclic esters (lactones) is 1. The zero-order valence-electron chi connectivity index (χ0n) is 16.2. The van der Waals surface area contributed by atoms with Crippen LogP contribution in [0.2, 0.25) is 0 Å². The minimum Gasteiger partial charge on any atom is -0.447 e. The van der Waals surface area contributed by atoms with E-state index in [2.05, 4.69) is 42.6 Å². The van der Waals surface area contributed by atoms with E-state index >= 15 is 0 Å². The minimum atomic E-state index is -0.351. The Hall–Kier alpha value is -3.60. The first-order chi connectivity index (χ1) is 14.1. The normalized spacial score (nSPS) is 13.3. The fraction of sp³-hybridized carbons (Fsp3) is 0.167. The summed E-state index contributed by atoms with van der Waals surface area (Å²) in [5.41, 5.74) is 5.82. The number of aryl methyl sites for hydroxylation is 1. The molecule has 0 atom stereocenters. The van der Waals surface area contributed by atoms with Crippen LogP contribution in [0.15, 0.2) is 72.8 Å². The highest BCUT2D eigenvalue weighted by molar-refractivity contribution is 5.95. The van der Waals surface area contributed by atoms with Gasteiger partial charge in [0.25, 0.3) is 5.91 Å². The summed E-state index contributed by atoms with van der Waals surface area (Å²) in [6.07, 6.45) is -0.351. The lowest BCUT2D eigenvalue weighted by Crippen LogP contribution is -2.24. The fourth-order valence-electron chi connectivity index (χ4n) is 3.39. The first-order valence-corrected chi connectivity index (χ1v) is 9.59. The Morgan fingerprint density at radius 3 is 2.41 bits per heavy atom. The van der Waals surface area contributed by atoms with Crippen LogP contribution in [-0.2, 0) is 11.3 Å². The number of nitrogens with one attached hydrogen (secondary N) is 1. The number of ether oxygens (including phenoxy) is 1. The van der Waals surface area contributed by atoms with Gasteiger partial charge in [-0.2, -0.15) is 0 Å². The number of rotatable bonds is 5. The molecule has 0 spiro atoms. The van der Waals surface area contributed by atoms with Gasteiger partial charge in [-0.25, -0.2) is 4.79 Å². The largest absolute Gasteiger partial charge is 0.447 e. The summed E-state index contributed by atoms with van der Waals surface area (Å²) >= 11 is 0. The molecule has 5 heteroatoms. The SMILES string of the molecule is Cc1cccc(-c2cccc(CNC(=O)c3ccc(N4CCOC4=O)cc3)c2)c1. The maximum Gasteiger partial charge on any atom is 0.414 e. The predicted molar refractivity (Wildman–Crippen MR) is 113 cm³/mol. The molecule has 146 valence electrons. The van der Waals surface area contributed by atoms with Gasteiger partial charge in [0.2, 0.25) is 0 Å². The zero-order chi connectivity index (χ0) is 20.2. The van der Waals surface area contributed by atoms with Gasteiger partial charge in [-0.3, -0.25) is 9.69 Å². The van der Waals surface area contributed by atoms with Crippen LogP contribution >= 0.6 is 0 Å². The van der Waals surface area contributed by atoms with Gasteiger partial charge in [0.1, 0.15) is 6.61 Å². The van der Waals surface area contributed by atoms with Crippen LogP contribution in [0, 0.1) is 6.92 Å². The van der Waals surface area contributed by atoms with Crippen molar-refractivity contribution in [2.24, 2.45) is 0 Å². The van der Waals surface area contributed by atoms with E-state index in [4.69, 9.17) is 4.74 Å². The summed E-state index contributed by atoms with van der Waals surface area (Å²) in [5, 5.41) is 2.96. The molecule has 0 saturated carbocycles. The number of carbonyl (C=O) groups is 2. The van der Waals surface area contributed by atoms with Gasteiger partial charge in [0.05, 0.1) is 6.54 Å². The molecular formula is C24H22N2O3. The second-order valence-electron chi connectivity index (χ2n) is 7.07. The Morgan fingerprint density at radius 1 is 1.00 bits per heavy atom. The average Bonchev–Trinajstić information content (AvgIpc) is 3.18. The number of amides is 2. The van der Waals surface area contributed by atoms with Gasteiger partial charge in [0, 0.05) is 17.8 Å². The van der Waals surface area contributed by atoms with E-state index in [1.165, 1.54) is 5.56 Å². The summed E-state index contributed by atoms with van der Waals surface area (Å²) in [5.74, 6) is -0.151. The Kier molecular flexibility index (Phi) is 5.29. The molecule has 0 radical (unpaired) electrons. The molecule has 3 aromatic carbocycles. The lowest BCUT2D eigenvalue weighted by atomic mass is 10.0. The van der Waals surface area contributed by atoms with E-state index in [1.807, 2.05) is 18.2 Å². The second kappa shape index (κ2) is 8.19. The molecule has 1 saturated heterocycles. The van der Waals surface area contributed by atoms with Crippen molar-refractivity contribution in [3.63, 3.8) is 0 Å². The third kappa shape index (κ3) is 4.29. The Morgan fingerprint density at radius 2 is 1.72 bits per heavy atom. The summed E-state index contributed by atoms with van der Waals surface area (Å²) < 4.78 is 4.94. The molecule has 1 aliphatic rings. The van der Waals surface area contributed by atoms with Crippen LogP contribution in [0.25, 0.3) is 11.1 Å². The van der Waals surface area contributed by atoms with Crippen molar-refractivity contribution in [1.29, 1.82) is 0 Å². The topological polar surface area (TPSA) is 58.6 Å². The van der Waals surface area contributed by atoms with E-state index in [-0.39, 0.29) is 12.0 Å². The molecule has 4 rings (SSSR count). The number of anilines is 1. The van der Waals surface area contributed by atoms with Crippen molar-refractivity contribution in [1.82, 2.24) is 5.32 Å². The van der Waals surface area contributed by atoms with E-state index in [0.29, 0.717) is 25.3 Å². The molecule has 0 bridgehead atoms. The van der Waals surface area contributed by atoms with Crippen molar-refractivity contribution in [2.45, 2.75) is 13.5 Å². The number of hydrogen-bond donors (Lipinski definition) is 1. The number of nitrogens with zero attached hydrogens (tertiary/aromatic N) is 1. The maximum atomic E-state index is 12.5. The molecular weight excluding hydrogens is 364 g/mol. The highest BCUT2D eigenvalue weighted by atomic mass is 16.6. The Balaban J connectivity index is 1.41. The molecule has 1 heterocycles. The van der Waals surface area contributed by atoms with Crippen LogP contribution in [0.5, 0.6) is 0 Å². The average molecular weight is 386 g/mol. The monoisotopic (exact) mass is 386 g/mol. The minimum absolute atomic E-state index is 0.151. The van der Waals surface area contributed by atoms with E-state index in [1.54, 1.807) is 29.2 Å². The van der Waals surface area contributed by atoms with Crippen LogP contribution in [0.3, 0.4) is 0 Å². The number of carbonyl (C=O) groups excluding carboxylic acids is 2. The molecule has 0 unspecified atom stereocenters. The van der Waals surface area contributed by atoms with Gasteiger partial charge < -0.3 is 10.1 Å². The number of hydrogen-bond acceptors (Lipinski definition) is 3. The molecule has 5 nitrogen and oxygen atoms in total. The van der Waals surface area contributed by atoms with Gasteiger partial charge in [-0.1, -0.05) is 48.0 Å². The molecule has 1 N–H and O–H groups in total. The summed E-state index contributed by atoms with van der Waals surface area (Å²) in [7, 11) is 0. The molecule has 1 fully saturated rings. The third-order valence-corrected chi connectivity index (χ3v) is 4.93. The second-order valence-corrected chi connectivity index (χ2v) is 7.07. The molecule has 0 aromatic heterocycles. The highest BCUT2D eigenvalue weighted by Crippen LogP contribution is 2.22. The van der Waals surface area contributed by atoms with Crippen molar-refractivity contribution in [3.05, 3.63) is 89.5 Å². The van der Waals surface area contributed by atoms with E-state index in [0.717, 1.165) is 22.4 Å². The van der Waals surface area contributed by atoms with Crippen molar-refractivity contribution >= 4 is 17.7 Å². The quantitative estimate of drug-likeness (QED) is 0.700. The first-order valence-electron chi connectivity index (χ1n) is 9.59. The van der Waals surface area contributed by atoms with Gasteiger partial charge in [0.15, 0.2) is 0 Å². The van der Waals surface area contributed by atoms with Gasteiger partial charge in [-0.15, -0.1) is 0 Å². The zero-order valence-corrected chi connectivity index (χ0v) is 16.2. The van der Waals surface area contributed by atoms with Crippen molar-refractivity contribution < 1.29 is 14.3 Å². The highest BCUT2D eigenvalue weighted by Gasteiger charge is 2.23. The lowest BCUT2D eigenvalue weighted by molar-refractivity contribution is 0.0951. The molecule has 29 heavy (non-hydrogen) atoms. The summed E-state index contributed by atoms with van der Waals surface area (Å²) in [6.45, 7) is 3.44. The lowest BCUT2D eigenvalue weighted by Gasteiger charge is -2.13. The molecule has 2 amide bonds. The Labute approximate surface area is 169 Å². The van der Waals surface area contributed by atoms with E-state index < -0.39 is 0 Å². The Bertz CT molecular complexity index is 1040. The van der Waals surface area contributed by atoms with Crippen molar-refractivity contribution in [2.75, 3.05) is 18.1 Å². The predicted octanol–water partition coefficient (Wildman–Crippen LogP) is 4.55. The van der Waals surface area contributed by atoms with Crippen molar-refractivity contribution in [3.8, 4) is 11.1 Å². The number of benzene rings is 3. The van der Waals surface area contributed by atoms with E-state index in [9.17, 15) is 9.59 Å². The maximum absolute atomic E-state index is 12.5. The van der Waals surface area contributed by atoms with Crippen LogP contribution in [0.1, 0.15) is 21.5 Å². The van der Waals surface area contributed by atoms with Crippen LogP contribution in [0.4, 0.5) is 10.5 Å². The van der Waals surface area contributed by atoms with Crippen LogP contribution < -0.4 is 10.2 Å². The standard InChI is InChI=1S/C24H22N2O3/c1-17-4-2-6-20(14-17)21-7-3-5-18(15-21)16-25-23(27)19-8-10-22(11-9-19)26-12-13-29-24(26)28/h2-11,14-15H,12-13,16H2,1H3,(H,25,27). The first kappa shape index (κ1) is 18.7. The van der Waals surface area contributed by atoms with Crippen LogP contribution in [-0.4, -0.2) is 25.2 Å². The molecule has 0 aliphatic carbocycles. The summed E-state index contributed by atoms with van der Waals surface area (Å²) in [4.78, 5) is 25.7. The molecule has 1 aliphatic heterocycles.